The highest BCUT2D eigenvalue weighted by molar-refractivity contribution is 5.92. The number of carbonyl (C=O) groups excluding carboxylic acids is 1. The van der Waals surface area contributed by atoms with Crippen LogP contribution in [0.2, 0.25) is 0 Å². The number of nitrogens with zero attached hydrogens (tertiary/aromatic N) is 5. The molecule has 1 saturated heterocycles. The molecule has 2 aliphatic rings. The second-order valence-electron chi connectivity index (χ2n) is 8.22. The number of likely N-dealkylation sites (tertiary alicyclic amines) is 1. The van der Waals surface area contributed by atoms with Crippen molar-refractivity contribution in [3.05, 3.63) is 42.0 Å². The highest BCUT2D eigenvalue weighted by atomic mass is 16.5. The fraction of sp³-hybridized carbons (Fsp3) is 0.591. The van der Waals surface area contributed by atoms with Crippen LogP contribution in [0.3, 0.4) is 0 Å². The van der Waals surface area contributed by atoms with Gasteiger partial charge in [-0.05, 0) is 57.6 Å². The Balaban J connectivity index is 1.42. The van der Waals surface area contributed by atoms with Gasteiger partial charge in [0.15, 0.2) is 5.69 Å². The van der Waals surface area contributed by atoms with Crippen molar-refractivity contribution < 1.29 is 9.53 Å². The van der Waals surface area contributed by atoms with E-state index in [0.29, 0.717) is 18.3 Å². The molecular formula is C22H31N5O2. The van der Waals surface area contributed by atoms with E-state index in [-0.39, 0.29) is 12.0 Å². The van der Waals surface area contributed by atoms with Crippen molar-refractivity contribution in [1.29, 1.82) is 0 Å². The first-order valence-corrected chi connectivity index (χ1v) is 10.8. The first-order chi connectivity index (χ1) is 14.1. The lowest BCUT2D eigenvalue weighted by Crippen LogP contribution is -2.47. The van der Waals surface area contributed by atoms with E-state index in [1.807, 2.05) is 22.9 Å². The largest absolute Gasteiger partial charge is 0.488 e. The van der Waals surface area contributed by atoms with E-state index < -0.39 is 0 Å². The molecule has 0 aliphatic carbocycles. The van der Waals surface area contributed by atoms with E-state index in [1.165, 1.54) is 0 Å². The molecule has 0 unspecified atom stereocenters. The van der Waals surface area contributed by atoms with Crippen LogP contribution in [-0.4, -0.2) is 69.3 Å². The topological polar surface area (TPSA) is 63.5 Å². The number of pyridine rings is 1. The van der Waals surface area contributed by atoms with Gasteiger partial charge in [-0.3, -0.25) is 14.5 Å². The average molecular weight is 398 g/mol. The molecule has 4 heterocycles. The van der Waals surface area contributed by atoms with E-state index >= 15 is 0 Å². The van der Waals surface area contributed by atoms with Crippen LogP contribution in [0, 0.1) is 0 Å². The molecule has 7 nitrogen and oxygen atoms in total. The average Bonchev–Trinajstić information content (AvgIpc) is 3.29. The predicted octanol–water partition coefficient (Wildman–Crippen LogP) is 2.62. The van der Waals surface area contributed by atoms with E-state index in [2.05, 4.69) is 33.9 Å². The van der Waals surface area contributed by atoms with Gasteiger partial charge < -0.3 is 14.5 Å². The Bertz CT molecular complexity index is 790. The van der Waals surface area contributed by atoms with Gasteiger partial charge in [-0.2, -0.15) is 5.10 Å². The Morgan fingerprint density at radius 2 is 2.03 bits per heavy atom. The molecule has 0 bridgehead atoms. The standard InChI is InChI=1S/C22H31N5O2/c1-3-4-11-26(17-7-12-25(2)13-8-17)22(28)21-15-18-14-20(16-27(18)24-21)29-19-5-9-23-10-6-19/h5-6,9-10,15,17,20H,3-4,7-8,11-14,16H2,1-2H3/t20-/m0/s1. The second-order valence-corrected chi connectivity index (χ2v) is 8.22. The van der Waals surface area contributed by atoms with Crippen molar-refractivity contribution >= 4 is 5.91 Å². The number of carbonyl (C=O) groups is 1. The Hall–Kier alpha value is -2.41. The molecule has 2 aliphatic heterocycles. The second kappa shape index (κ2) is 8.95. The quantitative estimate of drug-likeness (QED) is 0.719. The molecule has 2 aromatic rings. The summed E-state index contributed by atoms with van der Waals surface area (Å²) in [5.41, 5.74) is 1.66. The summed E-state index contributed by atoms with van der Waals surface area (Å²) in [6.07, 6.45) is 8.49. The number of aromatic nitrogens is 3. The third-order valence-corrected chi connectivity index (χ3v) is 5.99. The van der Waals surface area contributed by atoms with E-state index in [1.54, 1.807) is 12.4 Å². The molecule has 1 fully saturated rings. The number of unbranched alkanes of at least 4 members (excludes halogenated alkanes) is 1. The lowest BCUT2D eigenvalue weighted by molar-refractivity contribution is 0.0580. The van der Waals surface area contributed by atoms with Crippen molar-refractivity contribution in [3.8, 4) is 5.75 Å². The summed E-state index contributed by atoms with van der Waals surface area (Å²) in [6.45, 7) is 5.77. The zero-order valence-corrected chi connectivity index (χ0v) is 17.5. The normalized spacial score (nSPS) is 19.9. The Labute approximate surface area is 172 Å². The van der Waals surface area contributed by atoms with Gasteiger partial charge in [-0.1, -0.05) is 13.3 Å². The number of ether oxygens (including phenoxy) is 1. The van der Waals surface area contributed by atoms with Gasteiger partial charge in [0.1, 0.15) is 11.9 Å². The molecular weight excluding hydrogens is 366 g/mol. The van der Waals surface area contributed by atoms with Crippen LogP contribution in [0.5, 0.6) is 5.75 Å². The van der Waals surface area contributed by atoms with Crippen molar-refractivity contribution in [2.45, 2.75) is 57.7 Å². The monoisotopic (exact) mass is 397 g/mol. The summed E-state index contributed by atoms with van der Waals surface area (Å²) < 4.78 is 7.96. The summed E-state index contributed by atoms with van der Waals surface area (Å²) >= 11 is 0. The number of rotatable bonds is 7. The number of amides is 1. The van der Waals surface area contributed by atoms with Crippen molar-refractivity contribution in [3.63, 3.8) is 0 Å². The summed E-state index contributed by atoms with van der Waals surface area (Å²) in [5.74, 6) is 0.904. The van der Waals surface area contributed by atoms with E-state index in [4.69, 9.17) is 4.74 Å². The van der Waals surface area contributed by atoms with Gasteiger partial charge >= 0.3 is 0 Å². The van der Waals surface area contributed by atoms with Crippen molar-refractivity contribution in [2.75, 3.05) is 26.7 Å². The van der Waals surface area contributed by atoms with Gasteiger partial charge in [0.2, 0.25) is 0 Å². The fourth-order valence-electron chi connectivity index (χ4n) is 4.29. The first-order valence-electron chi connectivity index (χ1n) is 10.8. The summed E-state index contributed by atoms with van der Waals surface area (Å²) in [4.78, 5) is 21.7. The Kier molecular flexibility index (Phi) is 6.13. The Morgan fingerprint density at radius 1 is 1.28 bits per heavy atom. The van der Waals surface area contributed by atoms with Crippen LogP contribution in [0.15, 0.2) is 30.6 Å². The molecule has 0 radical (unpaired) electrons. The van der Waals surface area contributed by atoms with Crippen LogP contribution in [0.4, 0.5) is 0 Å². The maximum absolute atomic E-state index is 13.3. The van der Waals surface area contributed by atoms with Gasteiger partial charge in [-0.25, -0.2) is 0 Å². The number of hydrogen-bond donors (Lipinski definition) is 0. The molecule has 1 amide bonds. The highest BCUT2D eigenvalue weighted by Crippen LogP contribution is 2.23. The van der Waals surface area contributed by atoms with E-state index in [0.717, 1.165) is 63.2 Å². The molecule has 0 spiro atoms. The number of fused-ring (bicyclic) bond motifs is 1. The van der Waals surface area contributed by atoms with Gasteiger partial charge in [0.25, 0.3) is 5.91 Å². The zero-order chi connectivity index (χ0) is 20.2. The maximum atomic E-state index is 13.3. The molecule has 29 heavy (non-hydrogen) atoms. The lowest BCUT2D eigenvalue weighted by atomic mass is 10.0. The van der Waals surface area contributed by atoms with Gasteiger partial charge in [-0.15, -0.1) is 0 Å². The number of piperidine rings is 1. The fourth-order valence-corrected chi connectivity index (χ4v) is 4.29. The van der Waals surface area contributed by atoms with Crippen LogP contribution in [0.25, 0.3) is 0 Å². The molecule has 4 rings (SSSR count). The molecule has 7 heteroatoms. The summed E-state index contributed by atoms with van der Waals surface area (Å²) in [7, 11) is 2.15. The first kappa shape index (κ1) is 19.9. The van der Waals surface area contributed by atoms with E-state index in [9.17, 15) is 4.79 Å². The molecule has 0 aromatic carbocycles. The van der Waals surface area contributed by atoms with Crippen molar-refractivity contribution in [1.82, 2.24) is 24.6 Å². The van der Waals surface area contributed by atoms with Crippen LogP contribution < -0.4 is 4.74 Å². The van der Waals surface area contributed by atoms with Gasteiger partial charge in [0, 0.05) is 37.1 Å². The summed E-state index contributed by atoms with van der Waals surface area (Å²) in [5, 5.41) is 4.64. The van der Waals surface area contributed by atoms with Crippen LogP contribution in [-0.2, 0) is 13.0 Å². The third-order valence-electron chi connectivity index (χ3n) is 5.99. The highest BCUT2D eigenvalue weighted by Gasteiger charge is 2.31. The predicted molar refractivity (Wildman–Crippen MR) is 111 cm³/mol. The molecule has 1 atom stereocenters. The van der Waals surface area contributed by atoms with Crippen LogP contribution >= 0.6 is 0 Å². The van der Waals surface area contributed by atoms with Crippen molar-refractivity contribution in [2.24, 2.45) is 0 Å². The van der Waals surface area contributed by atoms with Crippen LogP contribution in [0.1, 0.15) is 48.8 Å². The van der Waals surface area contributed by atoms with Gasteiger partial charge in [0.05, 0.1) is 6.54 Å². The smallest absolute Gasteiger partial charge is 0.274 e. The summed E-state index contributed by atoms with van der Waals surface area (Å²) in [6, 6.07) is 6.02. The zero-order valence-electron chi connectivity index (χ0n) is 17.5. The third kappa shape index (κ3) is 4.61. The minimum Gasteiger partial charge on any atom is -0.488 e. The molecule has 2 aromatic heterocycles. The molecule has 156 valence electrons. The number of hydrogen-bond acceptors (Lipinski definition) is 5. The molecule has 0 saturated carbocycles. The molecule has 0 N–H and O–H groups in total. The minimum atomic E-state index is 0.0501. The minimum absolute atomic E-state index is 0.0501. The Morgan fingerprint density at radius 3 is 2.72 bits per heavy atom. The lowest BCUT2D eigenvalue weighted by Gasteiger charge is -2.37. The maximum Gasteiger partial charge on any atom is 0.274 e. The SMILES string of the molecule is CCCCN(C(=O)c1cc2n(n1)C[C@@H](Oc1ccncc1)C2)C1CCN(C)CC1.